The minimum absolute atomic E-state index is 0.317. The van der Waals surface area contributed by atoms with Gasteiger partial charge in [-0.15, -0.1) is 20.2 Å². The van der Waals surface area contributed by atoms with Gasteiger partial charge in [-0.2, -0.15) is 13.2 Å². The summed E-state index contributed by atoms with van der Waals surface area (Å²) in [5.74, 6) is 0. The number of benzene rings is 1. The zero-order chi connectivity index (χ0) is 18.1. The van der Waals surface area contributed by atoms with Gasteiger partial charge in [-0.1, -0.05) is 11.6 Å². The topological polar surface area (TPSA) is 170 Å². The van der Waals surface area contributed by atoms with E-state index in [1.165, 1.54) is 0 Å². The molecular weight excluding hydrogens is 347 g/mol. The van der Waals surface area contributed by atoms with Gasteiger partial charge in [-0.3, -0.25) is 10.1 Å². The molecule has 1 aromatic carbocycles. The predicted octanol–water partition coefficient (Wildman–Crippen LogP) is 2.57. The van der Waals surface area contributed by atoms with Gasteiger partial charge in [0.2, 0.25) is 0 Å². The summed E-state index contributed by atoms with van der Waals surface area (Å²) in [5.41, 5.74) is -1.84. The Kier molecular flexibility index (Phi) is 8.86. The van der Waals surface area contributed by atoms with Gasteiger partial charge in [0.25, 0.3) is 15.9 Å². The molecule has 1 aromatic rings. The smallest absolute Gasteiger partial charge is 0.328 e. The number of alkyl halides is 3. The molecule has 22 heavy (non-hydrogen) atoms. The molecule has 1 rings (SSSR count). The van der Waals surface area contributed by atoms with Crippen LogP contribution in [0.5, 0.6) is 0 Å². The van der Waals surface area contributed by atoms with Crippen LogP contribution in [0.4, 0.5) is 18.9 Å². The summed E-state index contributed by atoms with van der Waals surface area (Å²) in [6.45, 7) is 0. The van der Waals surface area contributed by atoms with E-state index in [1.54, 1.807) is 0 Å². The highest BCUT2D eigenvalue weighted by molar-refractivity contribution is 6.32. The summed E-state index contributed by atoms with van der Waals surface area (Å²) in [6.07, 6.45) is -4.60. The molecule has 0 saturated heterocycles. The molecule has 0 fully saturated rings. The van der Waals surface area contributed by atoms with Gasteiger partial charge in [0, 0.05) is 6.07 Å². The average molecular weight is 352 g/mol. The second kappa shape index (κ2) is 9.11. The van der Waals surface area contributed by atoms with E-state index in [1.807, 2.05) is 0 Å². The fourth-order valence-corrected chi connectivity index (χ4v) is 1.02. The van der Waals surface area contributed by atoms with Crippen LogP contribution in [-0.2, 0) is 6.18 Å². The molecule has 15 heteroatoms. The Balaban J connectivity index is 0. The number of nitro groups is 1. The van der Waals surface area contributed by atoms with Crippen molar-refractivity contribution in [3.63, 3.8) is 0 Å². The summed E-state index contributed by atoms with van der Waals surface area (Å²) in [7, 11) is 0. The normalized spacial score (nSPS) is 9.45. The molecule has 0 aliphatic rings. The Labute approximate surface area is 122 Å². The molecule has 0 aromatic heterocycles. The highest BCUT2D eigenvalue weighted by atomic mass is 35.5. The second-order valence-corrected chi connectivity index (χ2v) is 3.30. The van der Waals surface area contributed by atoms with Crippen LogP contribution in [0, 0.1) is 30.3 Å². The van der Waals surface area contributed by atoms with E-state index in [0.29, 0.717) is 12.1 Å². The zero-order valence-electron chi connectivity index (χ0n) is 9.93. The van der Waals surface area contributed by atoms with Crippen molar-refractivity contribution in [2.24, 2.45) is 0 Å². The van der Waals surface area contributed by atoms with Crippen molar-refractivity contribution < 1.29 is 38.7 Å². The number of rotatable bonds is 1. The van der Waals surface area contributed by atoms with Crippen LogP contribution >= 0.6 is 11.6 Å². The first-order valence-electron chi connectivity index (χ1n) is 4.46. The van der Waals surface area contributed by atoms with Crippen LogP contribution < -0.4 is 0 Å². The van der Waals surface area contributed by atoms with Crippen molar-refractivity contribution in [1.82, 2.24) is 0 Å². The largest absolute Gasteiger partial charge is 0.416 e. The molecule has 0 amide bonds. The lowest BCUT2D eigenvalue weighted by Gasteiger charge is -2.05. The highest BCUT2D eigenvalue weighted by Crippen LogP contribution is 2.34. The third kappa shape index (κ3) is 11.0. The molecule has 0 saturated carbocycles. The lowest BCUT2D eigenvalue weighted by atomic mass is 10.2. The maximum absolute atomic E-state index is 12.1. The number of halogens is 4. The first-order valence-corrected chi connectivity index (χ1v) is 4.84. The SMILES string of the molecule is O=[N+]([O-])O.O=[N+]([O-])O.O=[N+]([O-])c1cc(C(F)(F)F)ccc1Cl. The molecule has 124 valence electrons. The van der Waals surface area contributed by atoms with Crippen LogP contribution in [0.15, 0.2) is 18.2 Å². The van der Waals surface area contributed by atoms with E-state index in [-0.39, 0.29) is 5.02 Å². The van der Waals surface area contributed by atoms with Crippen molar-refractivity contribution in [2.45, 2.75) is 6.18 Å². The monoisotopic (exact) mass is 351 g/mol. The second-order valence-electron chi connectivity index (χ2n) is 2.90. The number of hydrogen-bond donors (Lipinski definition) is 2. The molecule has 2 N–H and O–H groups in total. The van der Waals surface area contributed by atoms with Gasteiger partial charge in [-0.05, 0) is 12.1 Å². The van der Waals surface area contributed by atoms with Crippen LogP contribution in [0.25, 0.3) is 0 Å². The van der Waals surface area contributed by atoms with Crippen molar-refractivity contribution in [3.8, 4) is 0 Å². The summed E-state index contributed by atoms with van der Waals surface area (Å²) in [4.78, 5) is 26.0. The molecule has 0 atom stereocenters. The summed E-state index contributed by atoms with van der Waals surface area (Å²) in [6, 6.07) is 1.94. The maximum atomic E-state index is 12.1. The molecular formula is C7H5ClF3N3O8. The van der Waals surface area contributed by atoms with E-state index in [4.69, 9.17) is 42.2 Å². The van der Waals surface area contributed by atoms with Crippen LogP contribution in [0.2, 0.25) is 5.02 Å². The average Bonchev–Trinajstić information content (AvgIpc) is 2.25. The quantitative estimate of drug-likeness (QED) is 0.574. The summed E-state index contributed by atoms with van der Waals surface area (Å²) < 4.78 is 36.3. The van der Waals surface area contributed by atoms with Gasteiger partial charge in [0.05, 0.1) is 10.5 Å². The molecule has 11 nitrogen and oxygen atoms in total. The molecule has 0 unspecified atom stereocenters. The molecule has 0 aliphatic carbocycles. The molecule has 0 spiro atoms. The maximum Gasteiger partial charge on any atom is 0.416 e. The summed E-state index contributed by atoms with van der Waals surface area (Å²) >= 11 is 5.33. The Morgan fingerprint density at radius 1 is 1.00 bits per heavy atom. The lowest BCUT2D eigenvalue weighted by molar-refractivity contribution is -0.742. The van der Waals surface area contributed by atoms with E-state index in [9.17, 15) is 23.3 Å². The van der Waals surface area contributed by atoms with Crippen LogP contribution in [0.1, 0.15) is 5.56 Å². The van der Waals surface area contributed by atoms with Gasteiger partial charge in [-0.25, -0.2) is 0 Å². The molecule has 0 radical (unpaired) electrons. The van der Waals surface area contributed by atoms with Crippen molar-refractivity contribution >= 4 is 17.3 Å². The zero-order valence-corrected chi connectivity index (χ0v) is 10.7. The van der Waals surface area contributed by atoms with Gasteiger partial charge in [0.1, 0.15) is 5.02 Å². The third-order valence-corrected chi connectivity index (χ3v) is 1.79. The fraction of sp³-hybridized carbons (Fsp3) is 0.143. The predicted molar refractivity (Wildman–Crippen MR) is 60.7 cm³/mol. The van der Waals surface area contributed by atoms with Crippen molar-refractivity contribution in [1.29, 1.82) is 0 Å². The van der Waals surface area contributed by atoms with Crippen molar-refractivity contribution in [3.05, 3.63) is 59.1 Å². The minimum Gasteiger partial charge on any atom is -0.328 e. The highest BCUT2D eigenvalue weighted by Gasteiger charge is 2.32. The van der Waals surface area contributed by atoms with E-state index in [0.717, 1.165) is 6.07 Å². The Morgan fingerprint density at radius 3 is 1.64 bits per heavy atom. The van der Waals surface area contributed by atoms with Crippen LogP contribution in [-0.4, -0.2) is 25.5 Å². The van der Waals surface area contributed by atoms with Crippen LogP contribution in [0.3, 0.4) is 0 Å². The Hall–Kier alpha value is -2.90. The number of hydrogen-bond acceptors (Lipinski definition) is 6. The lowest BCUT2D eigenvalue weighted by Crippen LogP contribution is -2.05. The first kappa shape index (κ1) is 21.4. The number of nitro benzene ring substituents is 1. The molecule has 0 bridgehead atoms. The van der Waals surface area contributed by atoms with Gasteiger partial charge in [0.15, 0.2) is 0 Å². The summed E-state index contributed by atoms with van der Waals surface area (Å²) in [5, 5.41) is 37.2. The third-order valence-electron chi connectivity index (χ3n) is 1.47. The van der Waals surface area contributed by atoms with E-state index in [2.05, 4.69) is 0 Å². The first-order chi connectivity index (χ1) is 9.78. The van der Waals surface area contributed by atoms with E-state index >= 15 is 0 Å². The van der Waals surface area contributed by atoms with Crippen molar-refractivity contribution in [2.75, 3.05) is 0 Å². The standard InChI is InChI=1S/C7H3ClF3NO2.2HNO3/c8-5-2-1-4(7(9,10)11)3-6(5)12(13)14;2*2-1(3)4/h1-3H;2*(H,2,3,4). The van der Waals surface area contributed by atoms with E-state index < -0.39 is 32.5 Å². The Morgan fingerprint density at radius 2 is 1.36 bits per heavy atom. The molecule has 0 heterocycles. The number of nitrogens with zero attached hydrogens (tertiary/aromatic N) is 3. The molecule has 0 aliphatic heterocycles. The fourth-order valence-electron chi connectivity index (χ4n) is 0.829. The Bertz CT molecular complexity index is 532. The van der Waals surface area contributed by atoms with Gasteiger partial charge < -0.3 is 10.4 Å². The minimum atomic E-state index is -4.60. The van der Waals surface area contributed by atoms with Gasteiger partial charge >= 0.3 is 6.18 Å².